The van der Waals surface area contributed by atoms with Crippen molar-refractivity contribution in [2.45, 2.75) is 24.8 Å². The second-order valence-corrected chi connectivity index (χ2v) is 9.08. The molecule has 0 aliphatic heterocycles. The highest BCUT2D eigenvalue weighted by Crippen LogP contribution is 2.29. The lowest BCUT2D eigenvalue weighted by atomic mass is 9.95. The van der Waals surface area contributed by atoms with Gasteiger partial charge in [0.2, 0.25) is 10.0 Å². The lowest BCUT2D eigenvalue weighted by Gasteiger charge is -2.22. The molecule has 0 bridgehead atoms. The van der Waals surface area contributed by atoms with Crippen molar-refractivity contribution in [3.8, 4) is 0 Å². The molecule has 0 fully saturated rings. The van der Waals surface area contributed by atoms with E-state index in [0.717, 1.165) is 22.3 Å². The second kappa shape index (κ2) is 9.00. The summed E-state index contributed by atoms with van der Waals surface area (Å²) in [4.78, 5) is 11.9. The fourth-order valence-electron chi connectivity index (χ4n) is 3.27. The lowest BCUT2D eigenvalue weighted by molar-refractivity contribution is 0.0600. The average molecular weight is 444 g/mol. The van der Waals surface area contributed by atoms with Gasteiger partial charge in [-0.2, -0.15) is 4.72 Å². The number of aryl methyl sites for hydroxylation is 2. The highest BCUT2D eigenvalue weighted by molar-refractivity contribution is 7.89. The number of carbonyl (C=O) groups excluding carboxylic acids is 1. The number of hydrogen-bond acceptors (Lipinski definition) is 4. The van der Waals surface area contributed by atoms with Gasteiger partial charge in [-0.25, -0.2) is 13.2 Å². The van der Waals surface area contributed by atoms with Gasteiger partial charge >= 0.3 is 5.97 Å². The first kappa shape index (κ1) is 22.0. The Morgan fingerprint density at radius 2 is 1.70 bits per heavy atom. The van der Waals surface area contributed by atoms with Crippen LogP contribution in [0.1, 0.15) is 38.7 Å². The van der Waals surface area contributed by atoms with Gasteiger partial charge < -0.3 is 4.74 Å². The summed E-state index contributed by atoms with van der Waals surface area (Å²) in [5.74, 6) is -0.703. The zero-order chi connectivity index (χ0) is 21.9. The molecule has 0 spiro atoms. The third kappa shape index (κ3) is 4.73. The molecule has 1 N–H and O–H groups in total. The van der Waals surface area contributed by atoms with Crippen LogP contribution in [0.4, 0.5) is 0 Å². The normalized spacial score (nSPS) is 12.4. The molecule has 0 heterocycles. The van der Waals surface area contributed by atoms with Gasteiger partial charge in [0.05, 0.1) is 28.6 Å². The Bertz CT molecular complexity index is 1180. The van der Waals surface area contributed by atoms with E-state index in [-0.39, 0.29) is 15.5 Å². The van der Waals surface area contributed by atoms with Gasteiger partial charge in [0.1, 0.15) is 0 Å². The first-order valence-corrected chi connectivity index (χ1v) is 11.1. The summed E-state index contributed by atoms with van der Waals surface area (Å²) in [5, 5.41) is 0.120. The number of esters is 1. The maximum Gasteiger partial charge on any atom is 0.339 e. The summed E-state index contributed by atoms with van der Waals surface area (Å²) in [6.07, 6.45) is 0. The number of halogens is 1. The van der Waals surface area contributed by atoms with Crippen LogP contribution in [-0.2, 0) is 14.8 Å². The monoisotopic (exact) mass is 443 g/mol. The van der Waals surface area contributed by atoms with E-state index in [1.54, 1.807) is 0 Å². The summed E-state index contributed by atoms with van der Waals surface area (Å²) in [5.41, 5.74) is 3.70. The van der Waals surface area contributed by atoms with Crippen molar-refractivity contribution >= 4 is 27.6 Å². The lowest BCUT2D eigenvalue weighted by Crippen LogP contribution is -2.30. The van der Waals surface area contributed by atoms with Crippen LogP contribution in [-0.4, -0.2) is 21.5 Å². The summed E-state index contributed by atoms with van der Waals surface area (Å²) in [6, 6.07) is 18.6. The van der Waals surface area contributed by atoms with Crippen molar-refractivity contribution in [2.75, 3.05) is 7.11 Å². The van der Waals surface area contributed by atoms with Crippen molar-refractivity contribution < 1.29 is 17.9 Å². The van der Waals surface area contributed by atoms with E-state index in [1.807, 2.05) is 62.4 Å². The number of benzene rings is 3. The third-order valence-corrected chi connectivity index (χ3v) is 6.55. The number of rotatable bonds is 6. The molecule has 156 valence electrons. The quantitative estimate of drug-likeness (QED) is 0.555. The highest BCUT2D eigenvalue weighted by Gasteiger charge is 2.25. The molecular formula is C23H22ClNO4S. The van der Waals surface area contributed by atoms with Crippen molar-refractivity contribution in [1.82, 2.24) is 4.72 Å². The molecule has 0 saturated carbocycles. The molecule has 0 aliphatic carbocycles. The Morgan fingerprint density at radius 1 is 1.00 bits per heavy atom. The predicted octanol–water partition coefficient (Wildman–Crippen LogP) is 4.81. The molecule has 0 amide bonds. The molecule has 0 radical (unpaired) electrons. The minimum absolute atomic E-state index is 0.00943. The van der Waals surface area contributed by atoms with Gasteiger partial charge in [-0.05, 0) is 48.7 Å². The summed E-state index contributed by atoms with van der Waals surface area (Å²) in [7, 11) is -2.77. The molecule has 0 saturated heterocycles. The second-order valence-electron chi connectivity index (χ2n) is 6.96. The van der Waals surface area contributed by atoms with Crippen molar-refractivity contribution in [1.29, 1.82) is 0 Å². The van der Waals surface area contributed by atoms with Gasteiger partial charge in [0.25, 0.3) is 0 Å². The molecule has 3 aromatic carbocycles. The fourth-order valence-corrected chi connectivity index (χ4v) is 4.69. The van der Waals surface area contributed by atoms with Crippen LogP contribution in [0.2, 0.25) is 5.02 Å². The van der Waals surface area contributed by atoms with Crippen LogP contribution in [0.25, 0.3) is 0 Å². The van der Waals surface area contributed by atoms with Crippen LogP contribution < -0.4 is 4.72 Å². The zero-order valence-corrected chi connectivity index (χ0v) is 18.4. The van der Waals surface area contributed by atoms with Crippen LogP contribution in [0.5, 0.6) is 0 Å². The summed E-state index contributed by atoms with van der Waals surface area (Å²) in [6.45, 7) is 3.94. The van der Waals surface area contributed by atoms with Crippen molar-refractivity contribution in [3.63, 3.8) is 0 Å². The molecule has 30 heavy (non-hydrogen) atoms. The molecule has 0 aromatic heterocycles. The fraction of sp³-hybridized carbons (Fsp3) is 0.174. The summed E-state index contributed by atoms with van der Waals surface area (Å²) < 4.78 is 33.9. The highest BCUT2D eigenvalue weighted by atomic mass is 35.5. The van der Waals surface area contributed by atoms with Crippen LogP contribution in [0.15, 0.2) is 71.6 Å². The van der Waals surface area contributed by atoms with Crippen molar-refractivity contribution in [2.24, 2.45) is 0 Å². The molecule has 5 nitrogen and oxygen atoms in total. The smallest absolute Gasteiger partial charge is 0.339 e. The molecule has 1 unspecified atom stereocenters. The number of methoxy groups -OCH3 is 1. The van der Waals surface area contributed by atoms with Gasteiger partial charge in [-0.3, -0.25) is 0 Å². The van der Waals surface area contributed by atoms with E-state index in [9.17, 15) is 13.2 Å². The van der Waals surface area contributed by atoms with Gasteiger partial charge in [0.15, 0.2) is 0 Å². The number of nitrogens with one attached hydrogen (secondary N) is 1. The molecule has 0 aliphatic rings. The first-order chi connectivity index (χ1) is 14.2. The molecule has 3 rings (SSSR count). The molecular weight excluding hydrogens is 422 g/mol. The van der Waals surface area contributed by atoms with Gasteiger partial charge in [0, 0.05) is 0 Å². The minimum Gasteiger partial charge on any atom is -0.465 e. The summed E-state index contributed by atoms with van der Waals surface area (Å²) >= 11 is 6.04. The zero-order valence-electron chi connectivity index (χ0n) is 16.8. The Kier molecular flexibility index (Phi) is 6.61. The maximum absolute atomic E-state index is 13.2. The van der Waals surface area contributed by atoms with E-state index < -0.39 is 22.0 Å². The van der Waals surface area contributed by atoms with Crippen molar-refractivity contribution in [3.05, 3.63) is 99.6 Å². The van der Waals surface area contributed by atoms with E-state index in [4.69, 9.17) is 16.3 Å². The minimum atomic E-state index is -3.98. The van der Waals surface area contributed by atoms with E-state index in [1.165, 1.54) is 25.3 Å². The van der Waals surface area contributed by atoms with E-state index in [0.29, 0.717) is 0 Å². The Labute approximate surface area is 181 Å². The predicted molar refractivity (Wildman–Crippen MR) is 117 cm³/mol. The molecule has 3 aromatic rings. The largest absolute Gasteiger partial charge is 0.465 e. The van der Waals surface area contributed by atoms with Crippen LogP contribution >= 0.6 is 11.6 Å². The van der Waals surface area contributed by atoms with Crippen LogP contribution in [0.3, 0.4) is 0 Å². The van der Waals surface area contributed by atoms with E-state index in [2.05, 4.69) is 4.72 Å². The third-order valence-electron chi connectivity index (χ3n) is 4.80. The number of hydrogen-bond donors (Lipinski definition) is 1. The van der Waals surface area contributed by atoms with Gasteiger partial charge in [-0.15, -0.1) is 0 Å². The topological polar surface area (TPSA) is 72.5 Å². The SMILES string of the molecule is COC(=O)c1cc(S(=O)(=O)NC(c2ccccc2)c2ccc(C)cc2C)ccc1Cl. The average Bonchev–Trinajstić information content (AvgIpc) is 2.72. The Balaban J connectivity index is 2.07. The standard InChI is InChI=1S/C23H22ClNO4S/c1-15-9-11-19(16(2)13-15)22(17-7-5-4-6-8-17)25-30(27,28)18-10-12-21(24)20(14-18)23(26)29-3/h4-14,22,25H,1-3H3. The van der Waals surface area contributed by atoms with Gasteiger partial charge in [-0.1, -0.05) is 65.7 Å². The van der Waals surface area contributed by atoms with E-state index >= 15 is 0 Å². The first-order valence-electron chi connectivity index (χ1n) is 9.25. The Morgan fingerprint density at radius 3 is 2.33 bits per heavy atom. The number of ether oxygens (including phenoxy) is 1. The number of sulfonamides is 1. The number of carbonyl (C=O) groups is 1. The maximum atomic E-state index is 13.2. The van der Waals surface area contributed by atoms with Crippen LogP contribution in [0, 0.1) is 13.8 Å². The Hall–Kier alpha value is -2.67. The molecule has 7 heteroatoms. The molecule has 1 atom stereocenters.